The number of rotatable bonds is 7. The molecule has 4 rings (SSSR count). The van der Waals surface area contributed by atoms with Crippen LogP contribution < -0.4 is 9.64 Å². The van der Waals surface area contributed by atoms with Crippen molar-refractivity contribution in [1.29, 1.82) is 0 Å². The van der Waals surface area contributed by atoms with Gasteiger partial charge in [-0.1, -0.05) is 48.5 Å². The predicted octanol–water partition coefficient (Wildman–Crippen LogP) is 1.40. The molecule has 0 aliphatic carbocycles. The first-order chi connectivity index (χ1) is 15.1. The average molecular weight is 423 g/mol. The number of hydrogen-bond donors (Lipinski definition) is 1. The fourth-order valence-corrected chi connectivity index (χ4v) is 4.56. The minimum absolute atomic E-state index is 0.00240. The van der Waals surface area contributed by atoms with E-state index in [9.17, 15) is 9.59 Å². The van der Waals surface area contributed by atoms with Crippen molar-refractivity contribution in [3.05, 3.63) is 66.2 Å². The van der Waals surface area contributed by atoms with E-state index in [0.717, 1.165) is 44.0 Å². The standard InChI is InChI=1S/C25H31N3O3/c1-20(21-8-4-2-5-9-21)28-19-22(18-24(28)29)25(30)27-14-12-26(13-15-27)16-17-31-23-10-6-3-7-11-23/h2-11,20,22H,12-19H2,1H3/p+1/t20-,22-/m0/s1. The molecule has 2 amide bonds. The van der Waals surface area contributed by atoms with E-state index in [1.165, 1.54) is 4.90 Å². The molecule has 31 heavy (non-hydrogen) atoms. The van der Waals surface area contributed by atoms with Gasteiger partial charge < -0.3 is 19.4 Å². The van der Waals surface area contributed by atoms with E-state index in [2.05, 4.69) is 0 Å². The maximum Gasteiger partial charge on any atom is 0.228 e. The van der Waals surface area contributed by atoms with Gasteiger partial charge in [-0.15, -0.1) is 0 Å². The first kappa shape index (κ1) is 21.4. The molecule has 164 valence electrons. The van der Waals surface area contributed by atoms with Crippen molar-refractivity contribution in [3.8, 4) is 5.75 Å². The number of piperazine rings is 1. The molecule has 2 aromatic carbocycles. The Labute approximate surface area is 184 Å². The van der Waals surface area contributed by atoms with Crippen molar-refractivity contribution in [2.75, 3.05) is 45.9 Å². The second-order valence-electron chi connectivity index (χ2n) is 8.52. The van der Waals surface area contributed by atoms with Gasteiger partial charge in [0.1, 0.15) is 18.9 Å². The number of hydrogen-bond acceptors (Lipinski definition) is 3. The predicted molar refractivity (Wildman–Crippen MR) is 119 cm³/mol. The number of nitrogens with one attached hydrogen (secondary N) is 1. The number of nitrogens with zero attached hydrogens (tertiary/aromatic N) is 2. The lowest BCUT2D eigenvalue weighted by atomic mass is 10.1. The number of likely N-dealkylation sites (tertiary alicyclic amines) is 1. The summed E-state index contributed by atoms with van der Waals surface area (Å²) in [5.74, 6) is 0.894. The largest absolute Gasteiger partial charge is 0.488 e. The Morgan fingerprint density at radius 3 is 2.39 bits per heavy atom. The number of carbonyl (C=O) groups is 2. The van der Waals surface area contributed by atoms with Gasteiger partial charge in [-0.3, -0.25) is 9.59 Å². The summed E-state index contributed by atoms with van der Waals surface area (Å²) in [6, 6.07) is 19.9. The molecule has 2 aliphatic heterocycles. The molecular formula is C25H32N3O3+. The van der Waals surface area contributed by atoms with Gasteiger partial charge in [0.15, 0.2) is 0 Å². The van der Waals surface area contributed by atoms with Crippen molar-refractivity contribution in [2.45, 2.75) is 19.4 Å². The van der Waals surface area contributed by atoms with Crippen molar-refractivity contribution < 1.29 is 19.2 Å². The smallest absolute Gasteiger partial charge is 0.228 e. The van der Waals surface area contributed by atoms with Crippen molar-refractivity contribution in [2.24, 2.45) is 5.92 Å². The van der Waals surface area contributed by atoms with E-state index in [-0.39, 0.29) is 23.8 Å². The average Bonchev–Trinajstić information content (AvgIpc) is 3.21. The summed E-state index contributed by atoms with van der Waals surface area (Å²) in [6.45, 7) is 7.52. The van der Waals surface area contributed by atoms with E-state index in [4.69, 9.17) is 4.74 Å². The van der Waals surface area contributed by atoms with Crippen molar-refractivity contribution >= 4 is 11.8 Å². The fourth-order valence-electron chi connectivity index (χ4n) is 4.56. The number of carbonyl (C=O) groups excluding carboxylic acids is 2. The van der Waals surface area contributed by atoms with Gasteiger partial charge in [0.05, 0.1) is 38.1 Å². The number of ether oxygens (including phenoxy) is 1. The summed E-state index contributed by atoms with van der Waals surface area (Å²) < 4.78 is 5.80. The third-order valence-electron chi connectivity index (χ3n) is 6.51. The maximum atomic E-state index is 13.1. The van der Waals surface area contributed by atoms with Crippen LogP contribution in [0, 0.1) is 5.92 Å². The molecule has 6 heteroatoms. The van der Waals surface area contributed by atoms with E-state index in [0.29, 0.717) is 19.6 Å². The van der Waals surface area contributed by atoms with E-state index in [1.807, 2.05) is 77.4 Å². The highest BCUT2D eigenvalue weighted by Gasteiger charge is 2.39. The van der Waals surface area contributed by atoms with Crippen LogP contribution in [-0.4, -0.2) is 67.5 Å². The fraction of sp³-hybridized carbons (Fsp3) is 0.440. The van der Waals surface area contributed by atoms with Crippen LogP contribution >= 0.6 is 0 Å². The zero-order chi connectivity index (χ0) is 21.6. The number of benzene rings is 2. The van der Waals surface area contributed by atoms with Gasteiger partial charge >= 0.3 is 0 Å². The molecule has 0 bridgehead atoms. The van der Waals surface area contributed by atoms with Gasteiger partial charge in [-0.05, 0) is 24.6 Å². The van der Waals surface area contributed by atoms with Crippen LogP contribution in [0.4, 0.5) is 0 Å². The Balaban J connectivity index is 1.23. The molecule has 2 saturated heterocycles. The van der Waals surface area contributed by atoms with Gasteiger partial charge in [0, 0.05) is 13.0 Å². The summed E-state index contributed by atoms with van der Waals surface area (Å²) >= 11 is 0. The lowest BCUT2D eigenvalue weighted by molar-refractivity contribution is -0.904. The van der Waals surface area contributed by atoms with Crippen molar-refractivity contribution in [1.82, 2.24) is 9.80 Å². The van der Waals surface area contributed by atoms with Crippen LogP contribution in [-0.2, 0) is 9.59 Å². The normalized spacial score (nSPS) is 20.7. The molecule has 0 spiro atoms. The molecule has 1 N–H and O–H groups in total. The highest BCUT2D eigenvalue weighted by atomic mass is 16.5. The minimum atomic E-state index is -0.221. The van der Waals surface area contributed by atoms with Crippen LogP contribution in [0.2, 0.25) is 0 Å². The summed E-state index contributed by atoms with van der Waals surface area (Å²) in [7, 11) is 0. The topological polar surface area (TPSA) is 54.3 Å². The maximum absolute atomic E-state index is 13.1. The number of quaternary nitrogens is 1. The molecule has 0 saturated carbocycles. The molecule has 0 unspecified atom stereocenters. The Bertz CT molecular complexity index is 866. The third-order valence-corrected chi connectivity index (χ3v) is 6.51. The van der Waals surface area contributed by atoms with Crippen LogP contribution in [0.5, 0.6) is 5.75 Å². The summed E-state index contributed by atoms with van der Waals surface area (Å²) in [5, 5.41) is 0. The summed E-state index contributed by atoms with van der Waals surface area (Å²) in [5.41, 5.74) is 1.11. The minimum Gasteiger partial charge on any atom is -0.488 e. The first-order valence-corrected chi connectivity index (χ1v) is 11.3. The first-order valence-electron chi connectivity index (χ1n) is 11.3. The van der Waals surface area contributed by atoms with Crippen LogP contribution in [0.1, 0.15) is 24.9 Å². The van der Waals surface area contributed by atoms with E-state index >= 15 is 0 Å². The number of amides is 2. The molecule has 2 aliphatic rings. The third kappa shape index (κ3) is 5.25. The van der Waals surface area contributed by atoms with Gasteiger partial charge in [0.2, 0.25) is 11.8 Å². The lowest BCUT2D eigenvalue weighted by Gasteiger charge is -2.33. The van der Waals surface area contributed by atoms with E-state index < -0.39 is 0 Å². The van der Waals surface area contributed by atoms with Crippen LogP contribution in [0.25, 0.3) is 0 Å². The van der Waals surface area contributed by atoms with Gasteiger partial charge in [0.25, 0.3) is 0 Å². The van der Waals surface area contributed by atoms with Crippen molar-refractivity contribution in [3.63, 3.8) is 0 Å². The van der Waals surface area contributed by atoms with E-state index in [1.54, 1.807) is 0 Å². The molecule has 0 aromatic heterocycles. The molecule has 6 nitrogen and oxygen atoms in total. The second kappa shape index (κ2) is 9.96. The zero-order valence-corrected chi connectivity index (χ0v) is 18.2. The molecule has 2 fully saturated rings. The molecule has 2 aromatic rings. The SMILES string of the molecule is C[C@@H](c1ccccc1)N1C[C@@H](C(=O)N2CC[NH+](CCOc3ccccc3)CC2)CC1=O. The molecular weight excluding hydrogens is 390 g/mol. The molecule has 0 radical (unpaired) electrons. The highest BCUT2D eigenvalue weighted by Crippen LogP contribution is 2.29. The summed E-state index contributed by atoms with van der Waals surface area (Å²) in [6.07, 6.45) is 0.327. The van der Waals surface area contributed by atoms with Crippen LogP contribution in [0.3, 0.4) is 0 Å². The Kier molecular flexibility index (Phi) is 6.87. The van der Waals surface area contributed by atoms with Crippen LogP contribution in [0.15, 0.2) is 60.7 Å². The Morgan fingerprint density at radius 1 is 1.06 bits per heavy atom. The monoisotopic (exact) mass is 422 g/mol. The lowest BCUT2D eigenvalue weighted by Crippen LogP contribution is -3.15. The quantitative estimate of drug-likeness (QED) is 0.734. The highest BCUT2D eigenvalue weighted by molar-refractivity contribution is 5.89. The number of para-hydroxylation sites is 1. The molecule has 2 atom stereocenters. The Morgan fingerprint density at radius 2 is 1.71 bits per heavy atom. The summed E-state index contributed by atoms with van der Waals surface area (Å²) in [4.78, 5) is 31.0. The molecule has 2 heterocycles. The van der Waals surface area contributed by atoms with Gasteiger partial charge in [-0.2, -0.15) is 0 Å². The van der Waals surface area contributed by atoms with Gasteiger partial charge in [-0.25, -0.2) is 0 Å². The zero-order valence-electron chi connectivity index (χ0n) is 18.2. The Hall–Kier alpha value is -2.86. The second-order valence-corrected chi connectivity index (χ2v) is 8.52.